The second-order valence-corrected chi connectivity index (χ2v) is 10.8. The van der Waals surface area contributed by atoms with E-state index in [-0.39, 0.29) is 30.6 Å². The molecule has 2 rings (SSSR count). The first-order valence-electron chi connectivity index (χ1n) is 10.6. The Morgan fingerprint density at radius 1 is 1.09 bits per heavy atom. The van der Waals surface area contributed by atoms with Gasteiger partial charge >= 0.3 is 0 Å². The highest BCUT2D eigenvalue weighted by molar-refractivity contribution is 7.92. The highest BCUT2D eigenvalue weighted by atomic mass is 35.5. The molecule has 186 valence electrons. The summed E-state index contributed by atoms with van der Waals surface area (Å²) in [5.74, 6) is -1.53. The topological polar surface area (TPSA) is 86.8 Å². The molecule has 2 aromatic carbocycles. The number of halogens is 3. The molecule has 2 aromatic rings. The van der Waals surface area contributed by atoms with Gasteiger partial charge in [0.1, 0.15) is 18.4 Å². The number of hydrogen-bond donors (Lipinski definition) is 1. The van der Waals surface area contributed by atoms with Crippen LogP contribution in [0.25, 0.3) is 0 Å². The highest BCUT2D eigenvalue weighted by Gasteiger charge is 2.32. The van der Waals surface area contributed by atoms with Crippen LogP contribution in [0.1, 0.15) is 32.8 Å². The molecule has 2 amide bonds. The molecule has 0 aliphatic heterocycles. The van der Waals surface area contributed by atoms with Crippen LogP contribution in [0.4, 0.5) is 10.1 Å². The third-order valence-electron chi connectivity index (χ3n) is 4.97. The summed E-state index contributed by atoms with van der Waals surface area (Å²) in [5, 5.41) is 3.52. The summed E-state index contributed by atoms with van der Waals surface area (Å²) in [4.78, 5) is 27.7. The van der Waals surface area contributed by atoms with Crippen LogP contribution in [0.5, 0.6) is 0 Å². The number of carbonyl (C=O) groups excluding carboxylic acids is 2. The third kappa shape index (κ3) is 7.58. The number of benzene rings is 2. The molecule has 0 saturated heterocycles. The fourth-order valence-electron chi connectivity index (χ4n) is 3.35. The van der Waals surface area contributed by atoms with E-state index in [1.165, 1.54) is 23.1 Å². The first-order valence-corrected chi connectivity index (χ1v) is 13.2. The highest BCUT2D eigenvalue weighted by Crippen LogP contribution is 2.25. The summed E-state index contributed by atoms with van der Waals surface area (Å²) in [6, 6.07) is 8.49. The van der Waals surface area contributed by atoms with Crippen molar-refractivity contribution in [3.8, 4) is 0 Å². The number of amides is 2. The number of nitrogens with zero attached hydrogens (tertiary/aromatic N) is 2. The van der Waals surface area contributed by atoms with Crippen molar-refractivity contribution < 1.29 is 22.4 Å². The molecule has 1 N–H and O–H groups in total. The molecule has 0 aliphatic carbocycles. The number of carbonyl (C=O) groups is 2. The van der Waals surface area contributed by atoms with E-state index >= 15 is 0 Å². The molecule has 0 aliphatic rings. The number of sulfonamides is 1. The largest absolute Gasteiger partial charge is 0.352 e. The van der Waals surface area contributed by atoms with Gasteiger partial charge in [-0.05, 0) is 62.2 Å². The summed E-state index contributed by atoms with van der Waals surface area (Å²) < 4.78 is 39.2. The zero-order chi connectivity index (χ0) is 25.6. The molecular weight excluding hydrogens is 504 g/mol. The Labute approximate surface area is 209 Å². The third-order valence-corrected chi connectivity index (χ3v) is 6.69. The Morgan fingerprint density at radius 3 is 2.21 bits per heavy atom. The van der Waals surface area contributed by atoms with Crippen LogP contribution < -0.4 is 9.62 Å². The van der Waals surface area contributed by atoms with Gasteiger partial charge in [0.05, 0.1) is 11.9 Å². The van der Waals surface area contributed by atoms with Gasteiger partial charge in [-0.1, -0.05) is 36.2 Å². The molecule has 34 heavy (non-hydrogen) atoms. The molecule has 11 heteroatoms. The maximum Gasteiger partial charge on any atom is 0.244 e. The van der Waals surface area contributed by atoms with E-state index in [9.17, 15) is 22.4 Å². The molecular formula is C23H28Cl2FN3O4S. The lowest BCUT2D eigenvalue weighted by atomic mass is 10.1. The molecule has 0 spiro atoms. The van der Waals surface area contributed by atoms with Gasteiger partial charge in [0, 0.05) is 22.6 Å². The van der Waals surface area contributed by atoms with Gasteiger partial charge in [-0.3, -0.25) is 13.9 Å². The molecule has 0 fully saturated rings. The molecule has 1 atom stereocenters. The lowest BCUT2D eigenvalue weighted by Gasteiger charge is -2.33. The SMILES string of the molecule is CCC(C(=O)NC(C)C)N(Cc1ccc(Cl)cc1Cl)C(=O)CN(c1ccc(F)cc1)S(C)(=O)=O. The van der Waals surface area contributed by atoms with Crippen LogP contribution >= 0.6 is 23.2 Å². The Kier molecular flexibility index (Phi) is 9.73. The lowest BCUT2D eigenvalue weighted by molar-refractivity contribution is -0.140. The summed E-state index contributed by atoms with van der Waals surface area (Å²) in [5.41, 5.74) is 0.671. The zero-order valence-electron chi connectivity index (χ0n) is 19.4. The van der Waals surface area contributed by atoms with Crippen molar-refractivity contribution in [1.29, 1.82) is 0 Å². The summed E-state index contributed by atoms with van der Waals surface area (Å²) >= 11 is 12.3. The van der Waals surface area contributed by atoms with E-state index in [0.717, 1.165) is 22.7 Å². The number of hydrogen-bond acceptors (Lipinski definition) is 4. The van der Waals surface area contributed by atoms with Crippen LogP contribution in [0.2, 0.25) is 10.0 Å². The maximum absolute atomic E-state index is 13.5. The van der Waals surface area contributed by atoms with Crippen LogP contribution in [0.15, 0.2) is 42.5 Å². The van der Waals surface area contributed by atoms with Crippen molar-refractivity contribution in [3.05, 3.63) is 63.9 Å². The van der Waals surface area contributed by atoms with Crippen LogP contribution in [0.3, 0.4) is 0 Å². The molecule has 0 saturated carbocycles. The first kappa shape index (κ1) is 27.9. The second kappa shape index (κ2) is 11.9. The van der Waals surface area contributed by atoms with E-state index in [0.29, 0.717) is 15.6 Å². The minimum atomic E-state index is -3.90. The van der Waals surface area contributed by atoms with Crippen molar-refractivity contribution in [2.75, 3.05) is 17.1 Å². The molecule has 1 unspecified atom stereocenters. The average molecular weight is 532 g/mol. The summed E-state index contributed by atoms with van der Waals surface area (Å²) in [6.07, 6.45) is 1.23. The van der Waals surface area contributed by atoms with Crippen LogP contribution in [-0.2, 0) is 26.2 Å². The quantitative estimate of drug-likeness (QED) is 0.496. The molecule has 0 aromatic heterocycles. The van der Waals surface area contributed by atoms with E-state index in [4.69, 9.17) is 23.2 Å². The Bertz CT molecular complexity index is 1130. The lowest BCUT2D eigenvalue weighted by Crippen LogP contribution is -2.53. The fourth-order valence-corrected chi connectivity index (χ4v) is 4.67. The van der Waals surface area contributed by atoms with Crippen molar-refractivity contribution in [2.45, 2.75) is 45.8 Å². The van der Waals surface area contributed by atoms with Crippen molar-refractivity contribution in [1.82, 2.24) is 10.2 Å². The van der Waals surface area contributed by atoms with E-state index in [1.807, 2.05) is 0 Å². The minimum absolute atomic E-state index is 0.0418. The van der Waals surface area contributed by atoms with Gasteiger partial charge in [0.25, 0.3) is 0 Å². The normalized spacial score (nSPS) is 12.4. The van der Waals surface area contributed by atoms with E-state index in [2.05, 4.69) is 5.32 Å². The predicted molar refractivity (Wildman–Crippen MR) is 133 cm³/mol. The average Bonchev–Trinajstić information content (AvgIpc) is 2.72. The van der Waals surface area contributed by atoms with Gasteiger partial charge in [-0.25, -0.2) is 12.8 Å². The van der Waals surface area contributed by atoms with E-state index < -0.39 is 34.3 Å². The Morgan fingerprint density at radius 2 is 1.71 bits per heavy atom. The maximum atomic E-state index is 13.5. The summed E-state index contributed by atoms with van der Waals surface area (Å²) in [7, 11) is -3.90. The smallest absolute Gasteiger partial charge is 0.244 e. The van der Waals surface area contributed by atoms with Crippen molar-refractivity contribution >= 4 is 50.7 Å². The minimum Gasteiger partial charge on any atom is -0.352 e. The molecule has 0 bridgehead atoms. The van der Waals surface area contributed by atoms with Crippen LogP contribution in [-0.4, -0.2) is 50.0 Å². The first-order chi connectivity index (χ1) is 15.8. The van der Waals surface area contributed by atoms with Gasteiger partial charge in [0.15, 0.2) is 0 Å². The Hall–Kier alpha value is -2.36. The number of nitrogens with one attached hydrogen (secondary N) is 1. The summed E-state index contributed by atoms with van der Waals surface area (Å²) in [6.45, 7) is 4.73. The number of anilines is 1. The molecule has 0 radical (unpaired) electrons. The van der Waals surface area contributed by atoms with Gasteiger partial charge in [-0.2, -0.15) is 0 Å². The van der Waals surface area contributed by atoms with Crippen molar-refractivity contribution in [2.24, 2.45) is 0 Å². The van der Waals surface area contributed by atoms with Gasteiger partial charge in [-0.15, -0.1) is 0 Å². The predicted octanol–water partition coefficient (Wildman–Crippen LogP) is 4.23. The molecule has 7 nitrogen and oxygen atoms in total. The standard InChI is InChI=1S/C23H28Cl2FN3O4S/c1-5-21(23(31)27-15(2)3)28(13-16-6-7-17(24)12-20(16)25)22(30)14-29(34(4,32)33)19-10-8-18(26)9-11-19/h6-12,15,21H,5,13-14H2,1-4H3,(H,27,31). The van der Waals surface area contributed by atoms with Gasteiger partial charge in [0.2, 0.25) is 21.8 Å². The Balaban J connectivity index is 2.46. The molecule has 0 heterocycles. The zero-order valence-corrected chi connectivity index (χ0v) is 21.7. The monoisotopic (exact) mass is 531 g/mol. The van der Waals surface area contributed by atoms with Crippen molar-refractivity contribution in [3.63, 3.8) is 0 Å². The number of rotatable bonds is 10. The van der Waals surface area contributed by atoms with E-state index in [1.54, 1.807) is 32.9 Å². The second-order valence-electron chi connectivity index (χ2n) is 8.09. The fraction of sp³-hybridized carbons (Fsp3) is 0.391. The van der Waals surface area contributed by atoms with Gasteiger partial charge < -0.3 is 10.2 Å². The van der Waals surface area contributed by atoms with Crippen LogP contribution in [0, 0.1) is 5.82 Å².